The number of imidazole rings is 1. The van der Waals surface area contributed by atoms with E-state index in [2.05, 4.69) is 33.9 Å². The van der Waals surface area contributed by atoms with Crippen LogP contribution in [-0.2, 0) is 13.0 Å². The highest BCUT2D eigenvalue weighted by Crippen LogP contribution is 2.13. The van der Waals surface area contributed by atoms with Gasteiger partial charge in [-0.05, 0) is 45.0 Å². The van der Waals surface area contributed by atoms with Crippen molar-refractivity contribution in [1.82, 2.24) is 14.9 Å². The molecule has 1 heterocycles. The van der Waals surface area contributed by atoms with Gasteiger partial charge < -0.3 is 14.6 Å². The van der Waals surface area contributed by atoms with E-state index in [9.17, 15) is 0 Å². The third-order valence-corrected chi connectivity index (χ3v) is 3.48. The Hall–Kier alpha value is -1.81. The highest BCUT2D eigenvalue weighted by molar-refractivity contribution is 5.27. The summed E-state index contributed by atoms with van der Waals surface area (Å²) >= 11 is 0. The van der Waals surface area contributed by atoms with Gasteiger partial charge in [0.2, 0.25) is 0 Å². The number of aromatic nitrogens is 2. The molecule has 2 rings (SSSR count). The van der Waals surface area contributed by atoms with Crippen molar-refractivity contribution in [1.29, 1.82) is 0 Å². The van der Waals surface area contributed by atoms with Crippen molar-refractivity contribution in [2.24, 2.45) is 0 Å². The minimum Gasteiger partial charge on any atom is -0.492 e. The molecule has 4 heteroatoms. The van der Waals surface area contributed by atoms with E-state index in [4.69, 9.17) is 4.74 Å². The van der Waals surface area contributed by atoms with Gasteiger partial charge in [0.25, 0.3) is 0 Å². The summed E-state index contributed by atoms with van der Waals surface area (Å²) in [7, 11) is 1.99. The first-order chi connectivity index (χ1) is 9.69. The Bertz CT molecular complexity index is 519. The molecule has 0 bridgehead atoms. The minimum absolute atomic E-state index is 0.492. The van der Waals surface area contributed by atoms with E-state index >= 15 is 0 Å². The first-order valence-electron chi connectivity index (χ1n) is 7.06. The van der Waals surface area contributed by atoms with Crippen molar-refractivity contribution in [2.75, 3.05) is 13.7 Å². The van der Waals surface area contributed by atoms with E-state index in [1.54, 1.807) is 0 Å². The topological polar surface area (TPSA) is 39.1 Å². The lowest BCUT2D eigenvalue weighted by Gasteiger charge is -2.11. The SMILES string of the molecule is CNC(C)Cc1ccc(OCCn2ccnc2C)cc1. The van der Waals surface area contributed by atoms with Crippen molar-refractivity contribution in [3.63, 3.8) is 0 Å². The summed E-state index contributed by atoms with van der Waals surface area (Å²) in [4.78, 5) is 4.19. The second-order valence-electron chi connectivity index (χ2n) is 5.05. The summed E-state index contributed by atoms with van der Waals surface area (Å²) in [5.74, 6) is 1.94. The Morgan fingerprint density at radius 1 is 1.30 bits per heavy atom. The lowest BCUT2D eigenvalue weighted by molar-refractivity contribution is 0.297. The fraction of sp³-hybridized carbons (Fsp3) is 0.438. The third kappa shape index (κ3) is 4.10. The molecule has 108 valence electrons. The molecule has 4 nitrogen and oxygen atoms in total. The number of hydrogen-bond donors (Lipinski definition) is 1. The van der Waals surface area contributed by atoms with E-state index in [-0.39, 0.29) is 0 Å². The molecule has 1 aromatic heterocycles. The predicted octanol–water partition coefficient (Wildman–Crippen LogP) is 2.42. The molecule has 0 radical (unpaired) electrons. The summed E-state index contributed by atoms with van der Waals surface area (Å²) in [6.07, 6.45) is 4.82. The third-order valence-electron chi connectivity index (χ3n) is 3.48. The number of likely N-dealkylation sites (N-methyl/N-ethyl adjacent to an activating group) is 1. The lowest BCUT2D eigenvalue weighted by atomic mass is 10.1. The van der Waals surface area contributed by atoms with Crippen molar-refractivity contribution in [2.45, 2.75) is 32.9 Å². The number of nitrogens with zero attached hydrogens (tertiary/aromatic N) is 2. The van der Waals surface area contributed by atoms with Crippen LogP contribution in [0, 0.1) is 6.92 Å². The Morgan fingerprint density at radius 3 is 2.65 bits per heavy atom. The second kappa shape index (κ2) is 7.10. The summed E-state index contributed by atoms with van der Waals surface area (Å²) in [6, 6.07) is 8.83. The summed E-state index contributed by atoms with van der Waals surface area (Å²) in [6.45, 7) is 5.66. The highest BCUT2D eigenvalue weighted by Gasteiger charge is 2.01. The zero-order chi connectivity index (χ0) is 14.4. The van der Waals surface area contributed by atoms with Gasteiger partial charge in [-0.2, -0.15) is 0 Å². The first-order valence-corrected chi connectivity index (χ1v) is 7.06. The molecule has 1 aromatic carbocycles. The van der Waals surface area contributed by atoms with Crippen LogP contribution in [-0.4, -0.2) is 29.2 Å². The minimum atomic E-state index is 0.492. The van der Waals surface area contributed by atoms with Crippen LogP contribution in [0.15, 0.2) is 36.7 Å². The van der Waals surface area contributed by atoms with Gasteiger partial charge in [0.05, 0.1) is 6.54 Å². The molecule has 1 unspecified atom stereocenters. The monoisotopic (exact) mass is 273 g/mol. The molecular weight excluding hydrogens is 250 g/mol. The van der Waals surface area contributed by atoms with Crippen molar-refractivity contribution >= 4 is 0 Å². The molecular formula is C16H23N3O. The van der Waals surface area contributed by atoms with E-state index in [0.717, 1.165) is 24.5 Å². The largest absolute Gasteiger partial charge is 0.492 e. The van der Waals surface area contributed by atoms with Crippen molar-refractivity contribution in [3.05, 3.63) is 48.0 Å². The van der Waals surface area contributed by atoms with Gasteiger partial charge in [0.15, 0.2) is 0 Å². The average molecular weight is 273 g/mol. The first kappa shape index (κ1) is 14.6. The second-order valence-corrected chi connectivity index (χ2v) is 5.05. The molecule has 0 spiro atoms. The Balaban J connectivity index is 1.80. The molecule has 2 aromatic rings. The Labute approximate surface area is 120 Å². The lowest BCUT2D eigenvalue weighted by Crippen LogP contribution is -2.23. The molecule has 1 atom stereocenters. The quantitative estimate of drug-likeness (QED) is 0.842. The molecule has 0 fully saturated rings. The fourth-order valence-corrected chi connectivity index (χ4v) is 2.08. The summed E-state index contributed by atoms with van der Waals surface area (Å²) in [5.41, 5.74) is 1.32. The van der Waals surface area contributed by atoms with Crippen LogP contribution in [0.5, 0.6) is 5.75 Å². The van der Waals surface area contributed by atoms with Gasteiger partial charge in [-0.25, -0.2) is 4.98 Å². The molecule has 0 amide bonds. The highest BCUT2D eigenvalue weighted by atomic mass is 16.5. The smallest absolute Gasteiger partial charge is 0.119 e. The molecule has 1 N–H and O–H groups in total. The maximum atomic E-state index is 5.76. The normalized spacial score (nSPS) is 12.3. The Morgan fingerprint density at radius 2 is 2.05 bits per heavy atom. The molecule has 20 heavy (non-hydrogen) atoms. The number of aryl methyl sites for hydroxylation is 1. The molecule has 0 saturated carbocycles. The van der Waals surface area contributed by atoms with E-state index < -0.39 is 0 Å². The van der Waals surface area contributed by atoms with Crippen LogP contribution < -0.4 is 10.1 Å². The van der Waals surface area contributed by atoms with Gasteiger partial charge >= 0.3 is 0 Å². The summed E-state index contributed by atoms with van der Waals surface area (Å²) < 4.78 is 7.84. The van der Waals surface area contributed by atoms with Gasteiger partial charge in [-0.3, -0.25) is 0 Å². The average Bonchev–Trinajstić information content (AvgIpc) is 2.86. The van der Waals surface area contributed by atoms with Gasteiger partial charge in [0.1, 0.15) is 18.2 Å². The van der Waals surface area contributed by atoms with Crippen LogP contribution in [0.25, 0.3) is 0 Å². The number of benzene rings is 1. The maximum Gasteiger partial charge on any atom is 0.119 e. The van der Waals surface area contributed by atoms with Crippen molar-refractivity contribution < 1.29 is 4.74 Å². The Kier molecular flexibility index (Phi) is 5.18. The molecule has 0 aliphatic rings. The number of nitrogens with one attached hydrogen (secondary N) is 1. The molecule has 0 aliphatic carbocycles. The summed E-state index contributed by atoms with van der Waals surface area (Å²) in [5, 5.41) is 3.24. The maximum absolute atomic E-state index is 5.76. The zero-order valence-corrected chi connectivity index (χ0v) is 12.5. The van der Waals surface area contributed by atoms with Crippen LogP contribution in [0.1, 0.15) is 18.3 Å². The van der Waals surface area contributed by atoms with E-state index in [1.165, 1.54) is 5.56 Å². The molecule has 0 saturated heterocycles. The number of hydrogen-bond acceptors (Lipinski definition) is 3. The van der Waals surface area contributed by atoms with E-state index in [1.807, 2.05) is 38.5 Å². The van der Waals surface area contributed by atoms with E-state index in [0.29, 0.717) is 12.6 Å². The van der Waals surface area contributed by atoms with Crippen LogP contribution in [0.3, 0.4) is 0 Å². The van der Waals surface area contributed by atoms with Gasteiger partial charge in [-0.1, -0.05) is 12.1 Å². The predicted molar refractivity (Wildman–Crippen MR) is 81.1 cm³/mol. The zero-order valence-electron chi connectivity index (χ0n) is 12.5. The van der Waals surface area contributed by atoms with Crippen LogP contribution in [0.2, 0.25) is 0 Å². The standard InChI is InChI=1S/C16H23N3O/c1-13(17-3)12-15-4-6-16(7-5-15)20-11-10-19-9-8-18-14(19)2/h4-9,13,17H,10-12H2,1-3H3. The van der Waals surface area contributed by atoms with Gasteiger partial charge in [0, 0.05) is 18.4 Å². The van der Waals surface area contributed by atoms with Crippen LogP contribution >= 0.6 is 0 Å². The van der Waals surface area contributed by atoms with Crippen LogP contribution in [0.4, 0.5) is 0 Å². The van der Waals surface area contributed by atoms with Gasteiger partial charge in [-0.15, -0.1) is 0 Å². The number of ether oxygens (including phenoxy) is 1. The number of rotatable bonds is 7. The van der Waals surface area contributed by atoms with Crippen molar-refractivity contribution in [3.8, 4) is 5.75 Å². The molecule has 0 aliphatic heterocycles. The fourth-order valence-electron chi connectivity index (χ4n) is 2.08.